The summed E-state index contributed by atoms with van der Waals surface area (Å²) < 4.78 is 33.0. The van der Waals surface area contributed by atoms with E-state index in [4.69, 9.17) is 0 Å². The van der Waals surface area contributed by atoms with Gasteiger partial charge in [-0.2, -0.15) is 8.42 Å². The first-order chi connectivity index (χ1) is 27.5. The number of non-ortho nitro benzene ring substituents is 2. The van der Waals surface area contributed by atoms with E-state index in [2.05, 4.69) is 25.8 Å². The maximum absolute atomic E-state index is 11.7. The minimum Gasteiger partial charge on any atom is -0.506 e. The second-order valence-corrected chi connectivity index (χ2v) is 13.6. The third-order valence-electron chi connectivity index (χ3n) is 8.39. The quantitative estimate of drug-likeness (QED) is 0.0308. The number of carbonyl (C=O) groups excluding carboxylic acids is 1. The smallest absolute Gasteiger partial charge is 0.506 e. The van der Waals surface area contributed by atoms with Crippen molar-refractivity contribution in [2.45, 2.75) is 11.8 Å². The van der Waals surface area contributed by atoms with Crippen LogP contribution in [-0.4, -0.2) is 49.2 Å². The van der Waals surface area contributed by atoms with Gasteiger partial charge in [0.25, 0.3) is 21.5 Å². The van der Waals surface area contributed by atoms with Crippen molar-refractivity contribution in [1.29, 1.82) is 0 Å². The van der Waals surface area contributed by atoms with E-state index in [0.717, 1.165) is 41.8 Å². The molecular weight excluding hydrogens is 854 g/mol. The molecule has 0 unspecified atom stereocenters. The average Bonchev–Trinajstić information content (AvgIpc) is 3.17. The molecule has 7 aromatic carbocycles. The summed E-state index contributed by atoms with van der Waals surface area (Å²) in [5.41, 5.74) is -0.398. The van der Waals surface area contributed by atoms with E-state index in [-0.39, 0.29) is 111 Å². The maximum Gasteiger partial charge on any atom is 1.00 e. The SMILES string of the molecule is CC(=O)Nc1cccc2ccc(O)c(N=Nc3cc([N+](=O)[O-])ccc3O)c12.O=[N+]([O-])c1ccc2c(N=Nc3c(O)ccc4ccccc34)c(O)cc(S(=O)(=O)O)c2c1.[Cr].[H+].[Na+]. The van der Waals surface area contributed by atoms with Crippen molar-refractivity contribution >= 4 is 88.2 Å². The molecule has 298 valence electrons. The Morgan fingerprint density at radius 2 is 1.18 bits per heavy atom. The standard InChI is InChI=1S/C20H13N3O7S.C18H14N4O5.Cr.Na/c24-16-8-5-11-3-1-2-4-13(11)19(16)21-22-20-14-7-6-12(23(26)27)9-15(14)18(10-17(20)25)31(28,29)30;1-10(23)19-13-4-2-3-11-5-7-16(25)18(17(11)13)21-20-14-9-12(22(26)27)6-8-15(14)24;;/h1-10,24-25H,(H,28,29,30);2-9,24-25H,1H3,(H,19,23);;/q;;;+1/p+1. The molecule has 0 saturated carbocycles. The maximum atomic E-state index is 11.7. The molecule has 0 fully saturated rings. The molecule has 0 aliphatic heterocycles. The van der Waals surface area contributed by atoms with Gasteiger partial charge in [0.1, 0.15) is 50.6 Å². The van der Waals surface area contributed by atoms with Crippen molar-refractivity contribution < 1.29 is 96.4 Å². The fourth-order valence-electron chi connectivity index (χ4n) is 5.79. The van der Waals surface area contributed by atoms with Crippen LogP contribution in [0.5, 0.6) is 23.0 Å². The first-order valence-electron chi connectivity index (χ1n) is 16.5. The van der Waals surface area contributed by atoms with Gasteiger partial charge in [-0.3, -0.25) is 29.6 Å². The van der Waals surface area contributed by atoms with Gasteiger partial charge in [0.2, 0.25) is 5.91 Å². The molecule has 0 radical (unpaired) electrons. The fourth-order valence-corrected chi connectivity index (χ4v) is 6.49. The number of phenols is 4. The molecule has 7 rings (SSSR count). The Bertz CT molecular complexity index is 3030. The number of nitrogens with one attached hydrogen (secondary N) is 1. The number of nitro benzene ring substituents is 2. The predicted molar refractivity (Wildman–Crippen MR) is 212 cm³/mol. The predicted octanol–water partition coefficient (Wildman–Crippen LogP) is 6.62. The number of fused-ring (bicyclic) bond motifs is 3. The van der Waals surface area contributed by atoms with Crippen molar-refractivity contribution in [1.82, 2.24) is 0 Å². The van der Waals surface area contributed by atoms with Gasteiger partial charge < -0.3 is 25.7 Å². The largest absolute Gasteiger partial charge is 1.00 e. The van der Waals surface area contributed by atoms with Crippen LogP contribution in [0.4, 0.5) is 39.8 Å². The third kappa shape index (κ3) is 9.99. The van der Waals surface area contributed by atoms with Crippen molar-refractivity contribution in [2.24, 2.45) is 20.5 Å². The number of anilines is 1. The van der Waals surface area contributed by atoms with Gasteiger partial charge in [0.05, 0.1) is 15.5 Å². The van der Waals surface area contributed by atoms with E-state index in [9.17, 15) is 58.4 Å². The number of hydrogen-bond acceptors (Lipinski definition) is 15. The summed E-state index contributed by atoms with van der Waals surface area (Å²) in [6.45, 7) is 1.35. The summed E-state index contributed by atoms with van der Waals surface area (Å²) in [7, 11) is -4.81. The van der Waals surface area contributed by atoms with Crippen LogP contribution in [0.25, 0.3) is 32.3 Å². The molecular formula is C38H28CrN7NaO12S+2. The Morgan fingerprint density at radius 3 is 1.83 bits per heavy atom. The van der Waals surface area contributed by atoms with Gasteiger partial charge >= 0.3 is 31.0 Å². The topological polar surface area (TPSA) is 300 Å². The Kier molecular flexibility index (Phi) is 14.6. The van der Waals surface area contributed by atoms with Crippen molar-refractivity contribution in [3.8, 4) is 23.0 Å². The molecule has 19 nitrogen and oxygen atoms in total. The van der Waals surface area contributed by atoms with E-state index in [1.54, 1.807) is 54.6 Å². The summed E-state index contributed by atoms with van der Waals surface area (Å²) in [6.07, 6.45) is 0. The zero-order valence-corrected chi connectivity index (χ0v) is 35.1. The Labute approximate surface area is 372 Å². The summed E-state index contributed by atoms with van der Waals surface area (Å²) in [5, 5.41) is 83.4. The molecule has 0 aliphatic carbocycles. The monoisotopic (exact) mass is 881 g/mol. The minimum atomic E-state index is -4.81. The number of aromatic hydroxyl groups is 4. The number of carbonyl (C=O) groups is 1. The van der Waals surface area contributed by atoms with E-state index >= 15 is 0 Å². The van der Waals surface area contributed by atoms with Crippen LogP contribution in [-0.2, 0) is 32.3 Å². The molecule has 6 N–H and O–H groups in total. The molecule has 0 saturated heterocycles. The van der Waals surface area contributed by atoms with Crippen molar-refractivity contribution in [3.05, 3.63) is 129 Å². The number of phenolic OH excluding ortho intramolecular Hbond substituents is 4. The summed E-state index contributed by atoms with van der Waals surface area (Å²) in [4.78, 5) is 31.4. The molecule has 0 bridgehead atoms. The number of benzene rings is 7. The molecule has 0 heterocycles. The molecule has 0 spiro atoms. The van der Waals surface area contributed by atoms with E-state index in [1.165, 1.54) is 25.1 Å². The fraction of sp³-hybridized carbons (Fsp3) is 0.0263. The number of nitro groups is 2. The van der Waals surface area contributed by atoms with Crippen LogP contribution in [0, 0.1) is 20.2 Å². The molecule has 0 aromatic heterocycles. The first-order valence-corrected chi connectivity index (χ1v) is 17.9. The Balaban J connectivity index is 0.000000313. The molecule has 7 aromatic rings. The van der Waals surface area contributed by atoms with Crippen LogP contribution < -0.4 is 34.9 Å². The van der Waals surface area contributed by atoms with Gasteiger partial charge in [0, 0.05) is 76.2 Å². The summed E-state index contributed by atoms with van der Waals surface area (Å²) in [6, 6.07) is 25.7. The number of rotatable bonds is 8. The van der Waals surface area contributed by atoms with Crippen molar-refractivity contribution in [2.75, 3.05) is 5.32 Å². The normalized spacial score (nSPS) is 11.2. The number of amides is 1. The Morgan fingerprint density at radius 1 is 0.633 bits per heavy atom. The average molecular weight is 882 g/mol. The van der Waals surface area contributed by atoms with E-state index < -0.39 is 36.3 Å². The second-order valence-electron chi connectivity index (χ2n) is 12.2. The summed E-state index contributed by atoms with van der Waals surface area (Å²) >= 11 is 0. The van der Waals surface area contributed by atoms with Gasteiger partial charge in [0.15, 0.2) is 0 Å². The minimum absolute atomic E-state index is 0. The molecule has 60 heavy (non-hydrogen) atoms. The third-order valence-corrected chi connectivity index (χ3v) is 9.28. The molecule has 0 aliphatic rings. The number of hydrogen-bond donors (Lipinski definition) is 6. The van der Waals surface area contributed by atoms with Crippen LogP contribution in [0.15, 0.2) is 135 Å². The van der Waals surface area contributed by atoms with Crippen molar-refractivity contribution in [3.63, 3.8) is 0 Å². The number of azo groups is 2. The van der Waals surface area contributed by atoms with Gasteiger partial charge in [-0.25, -0.2) is 0 Å². The van der Waals surface area contributed by atoms with Crippen LogP contribution in [0.1, 0.15) is 8.35 Å². The van der Waals surface area contributed by atoms with Crippen LogP contribution >= 0.6 is 0 Å². The summed E-state index contributed by atoms with van der Waals surface area (Å²) in [5.74, 6) is -1.60. The molecule has 0 atom stereocenters. The molecule has 22 heteroatoms. The van der Waals surface area contributed by atoms with Gasteiger partial charge in [-0.15, -0.1) is 20.5 Å². The van der Waals surface area contributed by atoms with Crippen LogP contribution in [0.3, 0.4) is 0 Å². The molecule has 1 amide bonds. The first kappa shape index (κ1) is 46.1. The number of nitrogens with zero attached hydrogens (tertiary/aromatic N) is 6. The zero-order chi connectivity index (χ0) is 41.9. The zero-order valence-electron chi connectivity index (χ0n) is 32.0. The second kappa shape index (κ2) is 19.0. The van der Waals surface area contributed by atoms with E-state index in [0.29, 0.717) is 21.8 Å². The van der Waals surface area contributed by atoms with Gasteiger partial charge in [-0.05, 0) is 41.1 Å². The van der Waals surface area contributed by atoms with Crippen LogP contribution in [0.2, 0.25) is 0 Å². The Hall–Kier alpha value is -6.57. The van der Waals surface area contributed by atoms with E-state index in [1.807, 2.05) is 0 Å². The van der Waals surface area contributed by atoms with Gasteiger partial charge in [-0.1, -0.05) is 48.5 Å².